The molecule has 0 saturated carbocycles. The minimum atomic E-state index is -6.09. The second kappa shape index (κ2) is 29.4. The number of nitrogens with zero attached hydrogens (tertiary/aromatic N) is 6. The largest absolute Gasteiger partial charge is 0.741 e. The summed E-state index contributed by atoms with van der Waals surface area (Å²) in [6.07, 6.45) is -18.4. The summed E-state index contributed by atoms with van der Waals surface area (Å²) in [5.74, 6) is -5.29. The number of aromatic nitrogens is 6. The molecule has 5 N–H and O–H groups in total. The lowest BCUT2D eigenvalue weighted by molar-refractivity contribution is -0.667. The summed E-state index contributed by atoms with van der Waals surface area (Å²) >= 11 is 24.8. The molecule has 7 rings (SSSR count). The van der Waals surface area contributed by atoms with Crippen molar-refractivity contribution in [2.45, 2.75) is 35.7 Å². The molecule has 81 heavy (non-hydrogen) atoms. The molecule has 3 aromatic heterocycles. The molecule has 0 aliphatic carbocycles. The molecule has 0 saturated heterocycles. The van der Waals surface area contributed by atoms with Crippen LogP contribution < -0.4 is 16.0 Å². The van der Waals surface area contributed by atoms with Gasteiger partial charge in [-0.2, -0.15) is 87.4 Å². The van der Waals surface area contributed by atoms with Crippen LogP contribution in [0.25, 0.3) is 33.1 Å². The Labute approximate surface area is 477 Å². The van der Waals surface area contributed by atoms with Gasteiger partial charge in [-0.3, -0.25) is 4.18 Å². The molecule has 0 aliphatic rings. The Hall–Kier alpha value is -5.19. The number of rotatable bonds is 1. The number of carbonyl (C=O) groups is 1. The maximum absolute atomic E-state index is 12.8. The van der Waals surface area contributed by atoms with Crippen LogP contribution >= 0.6 is 69.0 Å². The number of imidazole rings is 3. The second-order valence-corrected chi connectivity index (χ2v) is 19.2. The molecule has 0 spiro atoms. The molecule has 456 valence electrons. The monoisotopic (exact) mass is 1430 g/mol. The third-order valence-corrected chi connectivity index (χ3v) is 11.3. The minimum absolute atomic E-state index is 0.248. The summed E-state index contributed by atoms with van der Waals surface area (Å²) in [5, 5.41) is 8.91. The predicted octanol–water partition coefficient (Wildman–Crippen LogP) is 12.9. The van der Waals surface area contributed by atoms with Gasteiger partial charge in [-0.05, 0) is 71.7 Å². The molecule has 0 amide bonds. The van der Waals surface area contributed by atoms with Crippen LogP contribution in [0.3, 0.4) is 0 Å². The van der Waals surface area contributed by atoms with Crippen LogP contribution in [0.4, 0.5) is 90.4 Å². The van der Waals surface area contributed by atoms with E-state index in [1.54, 1.807) is 30.3 Å². The molecule has 4 aromatic carbocycles. The molecule has 7 aromatic rings. The number of nitrogen functional groups attached to an aromatic ring is 2. The van der Waals surface area contributed by atoms with E-state index in [0.717, 1.165) is 18.3 Å². The molecule has 3 heterocycles. The number of fused-ring (bicyclic) bond motifs is 3. The first-order chi connectivity index (χ1) is 36.3. The fourth-order valence-electron chi connectivity index (χ4n) is 5.37. The lowest BCUT2D eigenvalue weighted by atomic mass is 10.3. The number of aryl methyl sites for hydroxylation is 4. The fraction of sp³-hybridized carbons (Fsp3) is 0.300. The maximum Gasteiger partial charge on any atom is 0.523 e. The van der Waals surface area contributed by atoms with Crippen LogP contribution in [0.1, 0.15) is 17.5 Å². The van der Waals surface area contributed by atoms with Crippen molar-refractivity contribution in [1.82, 2.24) is 23.7 Å². The van der Waals surface area contributed by atoms with E-state index in [1.165, 1.54) is 70.7 Å². The number of hydrogen-bond acceptors (Lipinski definition) is 11. The molecule has 0 bridgehead atoms. The van der Waals surface area contributed by atoms with Gasteiger partial charge in [0.2, 0.25) is 11.6 Å². The van der Waals surface area contributed by atoms with E-state index in [4.69, 9.17) is 80.7 Å². The van der Waals surface area contributed by atoms with Gasteiger partial charge in [0.25, 0.3) is 0 Å². The highest BCUT2D eigenvalue weighted by atomic mass is 127. The number of halogens is 23. The zero-order chi connectivity index (χ0) is 64.2. The average Bonchev–Trinajstić information content (AvgIpc) is 3.91. The topological polar surface area (TPSA) is 234 Å². The lowest BCUT2D eigenvalue weighted by Crippen LogP contribution is -2.37. The van der Waals surface area contributed by atoms with Crippen LogP contribution in [0.2, 0.25) is 20.1 Å². The number of nitrogens with two attached hydrogens (primary N) is 2. The zero-order valence-electron chi connectivity index (χ0n) is 40.6. The highest BCUT2D eigenvalue weighted by Gasteiger charge is 2.47. The Balaban J connectivity index is 0.000000938. The first-order valence-electron chi connectivity index (χ1n) is 19.8. The number of hydrogen-bond donors (Lipinski definition) is 3. The van der Waals surface area contributed by atoms with E-state index in [-0.39, 0.29) is 11.0 Å². The molecular formula is C40H35Cl4F18IN8O8S2. The van der Waals surface area contributed by atoms with E-state index >= 15 is 0 Å². The fourth-order valence-corrected chi connectivity index (χ4v) is 6.23. The summed E-state index contributed by atoms with van der Waals surface area (Å²) in [5.41, 5.74) is 3.24. The molecule has 0 unspecified atom stereocenters. The number of anilines is 2. The Morgan fingerprint density at radius 3 is 1.31 bits per heavy atom. The molecule has 0 aliphatic heterocycles. The van der Waals surface area contributed by atoms with Crippen LogP contribution in [-0.2, 0) is 75.9 Å². The van der Waals surface area contributed by atoms with Gasteiger partial charge in [-0.1, -0.05) is 69.0 Å². The van der Waals surface area contributed by atoms with E-state index in [1.807, 2.05) is 4.93 Å². The lowest BCUT2D eigenvalue weighted by Gasteiger charge is -2.08. The second-order valence-electron chi connectivity index (χ2n) is 14.4. The molecule has 0 radical (unpaired) electrons. The molecule has 0 fully saturated rings. The van der Waals surface area contributed by atoms with Crippen LogP contribution in [-0.4, -0.2) is 85.4 Å². The smallest absolute Gasteiger partial charge is 0.523 e. The summed E-state index contributed by atoms with van der Waals surface area (Å²) < 4.78 is 264. The number of carboxylic acids is 1. The van der Waals surface area contributed by atoms with Gasteiger partial charge < -0.3 is 30.3 Å². The molecule has 0 atom stereocenters. The summed E-state index contributed by atoms with van der Waals surface area (Å²) in [4.78, 5) is 17.9. The number of alkyl halides is 19. The van der Waals surface area contributed by atoms with Crippen LogP contribution in [0, 0.1) is 0 Å². The van der Waals surface area contributed by atoms with E-state index in [0.29, 0.717) is 60.6 Å². The normalized spacial score (nSPS) is 12.0. The van der Waals surface area contributed by atoms with Crippen LogP contribution in [0.15, 0.2) is 72.8 Å². The zero-order valence-corrected chi connectivity index (χ0v) is 47.4. The Morgan fingerprint density at radius 2 is 0.951 bits per heavy atom. The summed E-state index contributed by atoms with van der Waals surface area (Å²) in [6.45, 7) is 0. The van der Waals surface area contributed by atoms with Gasteiger partial charge in [-0.15, -0.1) is 0 Å². The van der Waals surface area contributed by atoms with E-state index < -0.39 is 79.4 Å². The minimum Gasteiger partial charge on any atom is -0.741 e. The van der Waals surface area contributed by atoms with Crippen molar-refractivity contribution in [2.75, 3.05) is 23.5 Å². The number of benzene rings is 4. The molecule has 41 heteroatoms. The Kier molecular flexibility index (Phi) is 27.5. The highest BCUT2D eigenvalue weighted by Crippen LogP contribution is 2.34. The first kappa shape index (κ1) is 75.8. The SMILES string of the molecule is CI.COS(=O)(=O)C(F)(F)F.Cn1c(C(F)(F)F)[n+](C)c2ccc(Cl)cc21.Cn1c(C(F)(F)F)nc2cc(Cl)ccc21.Cn1c(C(F)(F)F)nc2ccc(Cl)cc21.Nc1ccc(Cl)cc1N.O=C(O)C(F)(F)F.O=S(=O)([O-])C(F)(F)F. The Bertz CT molecular complexity index is 3470. The third kappa shape index (κ3) is 22.8. The number of aliphatic carboxylic acids is 1. The van der Waals surface area contributed by atoms with Gasteiger partial charge in [0.15, 0.2) is 21.2 Å². The van der Waals surface area contributed by atoms with Crippen molar-refractivity contribution in [3.8, 4) is 0 Å². The van der Waals surface area contributed by atoms with Crippen LogP contribution in [0.5, 0.6) is 0 Å². The van der Waals surface area contributed by atoms with Gasteiger partial charge in [0, 0.05) is 40.3 Å². The van der Waals surface area contributed by atoms with Crippen molar-refractivity contribution in [1.29, 1.82) is 0 Å². The van der Waals surface area contributed by atoms with Gasteiger partial charge >= 0.3 is 57.6 Å². The van der Waals surface area contributed by atoms with Crippen molar-refractivity contribution in [2.24, 2.45) is 28.2 Å². The molecule has 16 nitrogen and oxygen atoms in total. The van der Waals surface area contributed by atoms with Gasteiger partial charge in [-0.25, -0.2) is 32.3 Å². The highest BCUT2D eigenvalue weighted by molar-refractivity contribution is 14.1. The maximum atomic E-state index is 12.8. The average molecular weight is 1430 g/mol. The molecular weight excluding hydrogens is 1400 g/mol. The van der Waals surface area contributed by atoms with Gasteiger partial charge in [0.05, 0.1) is 54.6 Å². The first-order valence-corrected chi connectivity index (χ1v) is 26.3. The van der Waals surface area contributed by atoms with Crippen molar-refractivity contribution in [3.05, 3.63) is 110 Å². The third-order valence-electron chi connectivity index (χ3n) is 8.82. The van der Waals surface area contributed by atoms with E-state index in [2.05, 4.69) is 36.7 Å². The Morgan fingerprint density at radius 1 is 0.580 bits per heavy atom. The predicted molar refractivity (Wildman–Crippen MR) is 267 cm³/mol. The van der Waals surface area contributed by atoms with Crippen molar-refractivity contribution >= 4 is 140 Å². The summed E-state index contributed by atoms with van der Waals surface area (Å²) in [7, 11) is -5.57. The van der Waals surface area contributed by atoms with E-state index in [9.17, 15) is 87.4 Å². The summed E-state index contributed by atoms with van der Waals surface area (Å²) in [6, 6.07) is 18.6. The number of carboxylic acid groups (broad SMARTS) is 1. The van der Waals surface area contributed by atoms with Gasteiger partial charge in [0.1, 0.15) is 0 Å². The quantitative estimate of drug-likeness (QED) is 0.0203. The van der Waals surface area contributed by atoms with Crippen molar-refractivity contribution < 1.29 is 119 Å². The standard InChI is InChI=1S/C10H9ClF3N2.2C9H6ClF3N2.C6H7ClN2.C2H3F3O3S.C2HF3O2.CHF3O3S.CH3I/c1-15-7-4-3-6(11)5-8(7)16(2)9(15)10(12,13)14;1-15-7-3-2-5(10)4-6(7)14-8(15)9(11,12)13;1-15-7-4-5(10)2-3-6(7)14-8(15)9(11,12)13;7-4-1-2-5(8)6(9)3-4;1-8-9(6,7)2(3,4)5;3-2(4,5)1(6)7;2-1(3,4)8(5,6)7;1-2/h3-5H,1-2H3;2*2-4H,1H3;1-3H,8-9H2;1H3;(H,6,7);(H,5,6,7);1H3/q+1;;;;;;;/p-1. The van der Waals surface area contributed by atoms with Crippen molar-refractivity contribution in [3.63, 3.8) is 0 Å².